The summed E-state index contributed by atoms with van der Waals surface area (Å²) in [5, 5.41) is 0. The van der Waals surface area contributed by atoms with Gasteiger partial charge in [-0.2, -0.15) is 0 Å². The third-order valence-electron chi connectivity index (χ3n) is 2.08. The summed E-state index contributed by atoms with van der Waals surface area (Å²) in [5.74, 6) is 0.360. The monoisotopic (exact) mass is 191 g/mol. The topological polar surface area (TPSA) is 43.8 Å². The zero-order valence-corrected chi connectivity index (χ0v) is 7.74. The maximum absolute atomic E-state index is 13.0. The van der Waals surface area contributed by atoms with E-state index in [0.29, 0.717) is 17.1 Å². The molecule has 1 heterocycles. The van der Waals surface area contributed by atoms with Crippen molar-refractivity contribution in [2.24, 2.45) is 7.05 Å². The number of imidazole rings is 1. The lowest BCUT2D eigenvalue weighted by Gasteiger charge is -2.05. The fraction of sp³-hybridized carbons (Fsp3) is 0.100. The van der Waals surface area contributed by atoms with Gasteiger partial charge in [0.15, 0.2) is 0 Å². The summed E-state index contributed by atoms with van der Waals surface area (Å²) in [4.78, 5) is 4.10. The fourth-order valence-electron chi connectivity index (χ4n) is 1.35. The van der Waals surface area contributed by atoms with Crippen LogP contribution in [0.15, 0.2) is 30.6 Å². The van der Waals surface area contributed by atoms with E-state index in [1.807, 2.05) is 7.05 Å². The van der Waals surface area contributed by atoms with Gasteiger partial charge in [0.25, 0.3) is 0 Å². The average molecular weight is 191 g/mol. The number of aryl methyl sites for hydroxylation is 1. The van der Waals surface area contributed by atoms with E-state index in [1.165, 1.54) is 12.1 Å². The summed E-state index contributed by atoms with van der Waals surface area (Å²) >= 11 is 0. The molecule has 0 radical (unpaired) electrons. The van der Waals surface area contributed by atoms with E-state index in [-0.39, 0.29) is 5.82 Å². The van der Waals surface area contributed by atoms with Gasteiger partial charge in [-0.3, -0.25) is 0 Å². The molecule has 0 spiro atoms. The summed E-state index contributed by atoms with van der Waals surface area (Å²) in [6.45, 7) is 0. The van der Waals surface area contributed by atoms with Crippen LogP contribution >= 0.6 is 0 Å². The van der Waals surface area contributed by atoms with Gasteiger partial charge >= 0.3 is 0 Å². The minimum atomic E-state index is -0.308. The molecular formula is C10H10FN3. The number of halogens is 1. The SMILES string of the molecule is Cn1ccnc1-c1cc(F)ccc1N. The fourth-order valence-corrected chi connectivity index (χ4v) is 1.35. The van der Waals surface area contributed by atoms with Gasteiger partial charge in [-0.15, -0.1) is 0 Å². The summed E-state index contributed by atoms with van der Waals surface area (Å²) in [5.41, 5.74) is 6.88. The van der Waals surface area contributed by atoms with Crippen molar-refractivity contribution in [2.75, 3.05) is 5.73 Å². The third-order valence-corrected chi connectivity index (χ3v) is 2.08. The number of aromatic nitrogens is 2. The normalized spacial score (nSPS) is 10.4. The Bertz CT molecular complexity index is 462. The first-order valence-electron chi connectivity index (χ1n) is 4.21. The largest absolute Gasteiger partial charge is 0.398 e. The number of nitrogens with zero attached hydrogens (tertiary/aromatic N) is 2. The van der Waals surface area contributed by atoms with E-state index in [9.17, 15) is 4.39 Å². The number of hydrogen-bond donors (Lipinski definition) is 1. The van der Waals surface area contributed by atoms with Gasteiger partial charge in [-0.1, -0.05) is 0 Å². The predicted molar refractivity (Wildman–Crippen MR) is 53.0 cm³/mol. The van der Waals surface area contributed by atoms with Crippen molar-refractivity contribution in [2.45, 2.75) is 0 Å². The van der Waals surface area contributed by atoms with Crippen molar-refractivity contribution in [3.05, 3.63) is 36.4 Å². The molecule has 0 bridgehead atoms. The third kappa shape index (κ3) is 1.35. The Morgan fingerprint density at radius 2 is 2.21 bits per heavy atom. The second kappa shape index (κ2) is 3.14. The van der Waals surface area contributed by atoms with Crippen LogP contribution in [-0.2, 0) is 7.05 Å². The molecular weight excluding hydrogens is 181 g/mol. The molecule has 0 amide bonds. The molecule has 4 heteroatoms. The molecule has 0 saturated carbocycles. The van der Waals surface area contributed by atoms with Gasteiger partial charge in [0, 0.05) is 30.7 Å². The number of hydrogen-bond acceptors (Lipinski definition) is 2. The first-order valence-corrected chi connectivity index (χ1v) is 4.21. The number of rotatable bonds is 1. The minimum absolute atomic E-state index is 0.308. The lowest BCUT2D eigenvalue weighted by atomic mass is 10.1. The summed E-state index contributed by atoms with van der Waals surface area (Å²) in [7, 11) is 1.84. The number of nitrogen functional groups attached to an aromatic ring is 1. The van der Waals surface area contributed by atoms with Crippen LogP contribution in [0.3, 0.4) is 0 Å². The highest BCUT2D eigenvalue weighted by Crippen LogP contribution is 2.24. The maximum atomic E-state index is 13.0. The van der Waals surface area contributed by atoms with E-state index in [0.717, 1.165) is 0 Å². The lowest BCUT2D eigenvalue weighted by molar-refractivity contribution is 0.628. The van der Waals surface area contributed by atoms with Crippen molar-refractivity contribution in [3.8, 4) is 11.4 Å². The van der Waals surface area contributed by atoms with E-state index in [1.54, 1.807) is 23.0 Å². The molecule has 1 aromatic heterocycles. The highest BCUT2D eigenvalue weighted by molar-refractivity contribution is 5.71. The highest BCUT2D eigenvalue weighted by atomic mass is 19.1. The van der Waals surface area contributed by atoms with Crippen LogP contribution in [0.5, 0.6) is 0 Å². The number of benzene rings is 1. The minimum Gasteiger partial charge on any atom is -0.398 e. The molecule has 2 rings (SSSR count). The van der Waals surface area contributed by atoms with Gasteiger partial charge in [0.05, 0.1) is 0 Å². The van der Waals surface area contributed by atoms with Crippen LogP contribution in [-0.4, -0.2) is 9.55 Å². The highest BCUT2D eigenvalue weighted by Gasteiger charge is 2.07. The van der Waals surface area contributed by atoms with Gasteiger partial charge in [0.2, 0.25) is 0 Å². The zero-order valence-electron chi connectivity index (χ0n) is 7.74. The van der Waals surface area contributed by atoms with E-state index in [2.05, 4.69) is 4.98 Å². The first-order chi connectivity index (χ1) is 6.68. The molecule has 3 nitrogen and oxygen atoms in total. The van der Waals surface area contributed by atoms with Crippen molar-refractivity contribution >= 4 is 5.69 Å². The lowest BCUT2D eigenvalue weighted by Crippen LogP contribution is -1.96. The Hall–Kier alpha value is -1.84. The molecule has 72 valence electrons. The average Bonchev–Trinajstić information content (AvgIpc) is 2.56. The van der Waals surface area contributed by atoms with Crippen molar-refractivity contribution < 1.29 is 4.39 Å². The van der Waals surface area contributed by atoms with Gasteiger partial charge in [-0.25, -0.2) is 9.37 Å². The quantitative estimate of drug-likeness (QED) is 0.698. The summed E-state index contributed by atoms with van der Waals surface area (Å²) < 4.78 is 14.8. The zero-order chi connectivity index (χ0) is 10.1. The van der Waals surface area contributed by atoms with E-state index >= 15 is 0 Å². The molecule has 2 aromatic rings. The van der Waals surface area contributed by atoms with Crippen LogP contribution in [0.2, 0.25) is 0 Å². The van der Waals surface area contributed by atoms with Crippen LogP contribution in [0.25, 0.3) is 11.4 Å². The second-order valence-corrected chi connectivity index (χ2v) is 3.09. The van der Waals surface area contributed by atoms with Crippen molar-refractivity contribution in [1.29, 1.82) is 0 Å². The number of anilines is 1. The maximum Gasteiger partial charge on any atom is 0.141 e. The Kier molecular flexibility index (Phi) is 1.96. The molecule has 0 aliphatic carbocycles. The summed E-state index contributed by atoms with van der Waals surface area (Å²) in [6.07, 6.45) is 3.44. The molecule has 0 unspecified atom stereocenters. The molecule has 0 aliphatic rings. The van der Waals surface area contributed by atoms with Crippen molar-refractivity contribution in [3.63, 3.8) is 0 Å². The van der Waals surface area contributed by atoms with Crippen LogP contribution in [0.4, 0.5) is 10.1 Å². The molecule has 2 N–H and O–H groups in total. The molecule has 1 aromatic carbocycles. The molecule has 0 saturated heterocycles. The van der Waals surface area contributed by atoms with Crippen molar-refractivity contribution in [1.82, 2.24) is 9.55 Å². The van der Waals surface area contributed by atoms with E-state index < -0.39 is 0 Å². The van der Waals surface area contributed by atoms with Crippen LogP contribution < -0.4 is 5.73 Å². The molecule has 0 atom stereocenters. The number of nitrogens with two attached hydrogens (primary N) is 1. The predicted octanol–water partition coefficient (Wildman–Crippen LogP) is 1.81. The van der Waals surface area contributed by atoms with Gasteiger partial charge in [-0.05, 0) is 18.2 Å². The van der Waals surface area contributed by atoms with Gasteiger partial charge < -0.3 is 10.3 Å². The Morgan fingerprint density at radius 1 is 1.43 bits per heavy atom. The van der Waals surface area contributed by atoms with E-state index in [4.69, 9.17) is 5.73 Å². The Labute approximate surface area is 81.0 Å². The molecule has 14 heavy (non-hydrogen) atoms. The summed E-state index contributed by atoms with van der Waals surface area (Å²) in [6, 6.07) is 4.26. The Balaban J connectivity index is 2.62. The van der Waals surface area contributed by atoms with Crippen LogP contribution in [0.1, 0.15) is 0 Å². The molecule has 0 fully saturated rings. The smallest absolute Gasteiger partial charge is 0.141 e. The van der Waals surface area contributed by atoms with Gasteiger partial charge in [0.1, 0.15) is 11.6 Å². The van der Waals surface area contributed by atoms with Crippen LogP contribution in [0, 0.1) is 5.82 Å². The molecule has 0 aliphatic heterocycles. The standard InChI is InChI=1S/C10H10FN3/c1-14-5-4-13-10(14)8-6-7(11)2-3-9(8)12/h2-6H,12H2,1H3. The first kappa shape index (κ1) is 8.74. The Morgan fingerprint density at radius 3 is 2.86 bits per heavy atom. The second-order valence-electron chi connectivity index (χ2n) is 3.09.